The Morgan fingerprint density at radius 2 is 1.86 bits per heavy atom. The van der Waals surface area contributed by atoms with Crippen molar-refractivity contribution in [1.82, 2.24) is 9.29 Å². The average Bonchev–Trinajstić information content (AvgIpc) is 2.57. The predicted octanol–water partition coefficient (Wildman–Crippen LogP) is 3.55. The fourth-order valence-electron chi connectivity index (χ4n) is 2.56. The van der Waals surface area contributed by atoms with E-state index in [9.17, 15) is 4.79 Å². The molecule has 5 heteroatoms. The predicted molar refractivity (Wildman–Crippen MR) is 87.5 cm³/mol. The van der Waals surface area contributed by atoms with Crippen LogP contribution >= 0.6 is 11.9 Å². The Bertz CT molecular complexity index is 623. The summed E-state index contributed by atoms with van der Waals surface area (Å²) in [5, 5.41) is 9.02. The maximum atomic E-state index is 11.0. The van der Waals surface area contributed by atoms with Crippen LogP contribution in [-0.2, 0) is 4.79 Å². The van der Waals surface area contributed by atoms with Gasteiger partial charge in [0.15, 0.2) is 0 Å². The second kappa shape index (κ2) is 6.94. The van der Waals surface area contributed by atoms with E-state index >= 15 is 0 Å². The molecule has 3 rings (SSSR count). The third-order valence-corrected chi connectivity index (χ3v) is 4.96. The maximum Gasteiger partial charge on any atom is 0.306 e. The van der Waals surface area contributed by atoms with Crippen molar-refractivity contribution in [3.63, 3.8) is 0 Å². The van der Waals surface area contributed by atoms with E-state index in [2.05, 4.69) is 33.6 Å². The summed E-state index contributed by atoms with van der Waals surface area (Å²) in [5.74, 6) is -0.840. The summed E-state index contributed by atoms with van der Waals surface area (Å²) in [6.45, 7) is 1.65. The van der Waals surface area contributed by atoms with Crippen LogP contribution in [0, 0.1) is 5.92 Å². The van der Waals surface area contributed by atoms with Crippen LogP contribution in [0.25, 0.3) is 11.3 Å². The zero-order valence-electron chi connectivity index (χ0n) is 12.2. The molecule has 0 bridgehead atoms. The average molecular weight is 314 g/mol. The minimum atomic E-state index is -0.663. The molecule has 1 saturated heterocycles. The van der Waals surface area contributed by atoms with E-state index in [1.165, 1.54) is 4.90 Å². The summed E-state index contributed by atoms with van der Waals surface area (Å²) in [5.41, 5.74) is 2.08. The molecule has 1 fully saturated rings. The van der Waals surface area contributed by atoms with E-state index in [4.69, 9.17) is 5.11 Å². The van der Waals surface area contributed by atoms with E-state index in [-0.39, 0.29) is 5.92 Å². The number of aromatic nitrogens is 1. The maximum absolute atomic E-state index is 11.0. The van der Waals surface area contributed by atoms with Gasteiger partial charge in [0, 0.05) is 29.7 Å². The van der Waals surface area contributed by atoms with Crippen LogP contribution in [0.4, 0.5) is 0 Å². The first-order valence-electron chi connectivity index (χ1n) is 7.39. The lowest BCUT2D eigenvalue weighted by Gasteiger charge is -2.28. The van der Waals surface area contributed by atoms with Gasteiger partial charge in [0.05, 0.1) is 11.6 Å². The second-order valence-electron chi connectivity index (χ2n) is 5.37. The summed E-state index contributed by atoms with van der Waals surface area (Å²) in [7, 11) is 0. The molecule has 2 heterocycles. The Morgan fingerprint density at radius 1 is 1.14 bits per heavy atom. The Kier molecular flexibility index (Phi) is 4.75. The molecule has 1 aromatic heterocycles. The third-order valence-electron chi connectivity index (χ3n) is 3.85. The smallest absolute Gasteiger partial charge is 0.306 e. The van der Waals surface area contributed by atoms with Crippen molar-refractivity contribution in [2.75, 3.05) is 13.1 Å². The van der Waals surface area contributed by atoms with Gasteiger partial charge in [-0.2, -0.15) is 0 Å². The van der Waals surface area contributed by atoms with Gasteiger partial charge in [0.1, 0.15) is 0 Å². The Morgan fingerprint density at radius 3 is 2.45 bits per heavy atom. The number of benzene rings is 1. The molecule has 1 aliphatic rings. The highest BCUT2D eigenvalue weighted by Gasteiger charge is 2.24. The standard InChI is InChI=1S/C17H18N2O2S/c20-17(21)14-8-11-19(12-9-14)22-15-6-4-13(5-7-15)16-3-1-2-10-18-16/h1-7,10,14H,8-9,11-12H2,(H,20,21). The lowest BCUT2D eigenvalue weighted by Crippen LogP contribution is -2.31. The molecule has 2 aromatic rings. The van der Waals surface area contributed by atoms with Gasteiger partial charge in [-0.3, -0.25) is 9.78 Å². The summed E-state index contributed by atoms with van der Waals surface area (Å²) < 4.78 is 2.25. The van der Waals surface area contributed by atoms with Crippen molar-refractivity contribution in [2.45, 2.75) is 17.7 Å². The van der Waals surface area contributed by atoms with Crippen LogP contribution in [0.3, 0.4) is 0 Å². The van der Waals surface area contributed by atoms with Crippen molar-refractivity contribution in [2.24, 2.45) is 5.92 Å². The van der Waals surface area contributed by atoms with Crippen LogP contribution in [0.1, 0.15) is 12.8 Å². The number of hydrogen-bond donors (Lipinski definition) is 1. The normalized spacial score (nSPS) is 16.5. The number of carboxylic acid groups (broad SMARTS) is 1. The molecule has 0 aliphatic carbocycles. The molecular formula is C17H18N2O2S. The molecule has 1 aromatic carbocycles. The highest BCUT2D eigenvalue weighted by atomic mass is 32.2. The number of carbonyl (C=O) groups is 1. The lowest BCUT2D eigenvalue weighted by molar-refractivity contribution is -0.142. The summed E-state index contributed by atoms with van der Waals surface area (Å²) in [4.78, 5) is 16.5. The van der Waals surface area contributed by atoms with E-state index < -0.39 is 5.97 Å². The molecule has 1 aliphatic heterocycles. The van der Waals surface area contributed by atoms with Crippen LogP contribution in [0.2, 0.25) is 0 Å². The largest absolute Gasteiger partial charge is 0.481 e. The highest BCUT2D eigenvalue weighted by Crippen LogP contribution is 2.29. The molecular weight excluding hydrogens is 296 g/mol. The Balaban J connectivity index is 1.59. The van der Waals surface area contributed by atoms with Gasteiger partial charge in [-0.05, 0) is 49.1 Å². The first-order valence-corrected chi connectivity index (χ1v) is 8.17. The van der Waals surface area contributed by atoms with E-state index in [0.29, 0.717) is 0 Å². The minimum absolute atomic E-state index is 0.177. The minimum Gasteiger partial charge on any atom is -0.481 e. The van der Waals surface area contributed by atoms with Crippen LogP contribution < -0.4 is 0 Å². The molecule has 0 atom stereocenters. The molecule has 0 unspecified atom stereocenters. The number of rotatable bonds is 4. The van der Waals surface area contributed by atoms with Gasteiger partial charge in [-0.1, -0.05) is 18.2 Å². The number of hydrogen-bond acceptors (Lipinski definition) is 4. The van der Waals surface area contributed by atoms with E-state index in [1.54, 1.807) is 18.1 Å². The van der Waals surface area contributed by atoms with Crippen molar-refractivity contribution in [3.05, 3.63) is 48.7 Å². The number of pyridine rings is 1. The van der Waals surface area contributed by atoms with Crippen molar-refractivity contribution in [3.8, 4) is 11.3 Å². The molecule has 1 N–H and O–H groups in total. The van der Waals surface area contributed by atoms with Crippen molar-refractivity contribution < 1.29 is 9.90 Å². The molecule has 0 amide bonds. The molecule has 0 saturated carbocycles. The van der Waals surface area contributed by atoms with Crippen LogP contribution in [-0.4, -0.2) is 33.5 Å². The van der Waals surface area contributed by atoms with Gasteiger partial charge in [-0.25, -0.2) is 4.31 Å². The van der Waals surface area contributed by atoms with Gasteiger partial charge < -0.3 is 5.11 Å². The van der Waals surface area contributed by atoms with Crippen LogP contribution in [0.15, 0.2) is 53.6 Å². The fraction of sp³-hybridized carbons (Fsp3) is 0.294. The third kappa shape index (κ3) is 3.67. The summed E-state index contributed by atoms with van der Waals surface area (Å²) in [6.07, 6.45) is 3.26. The van der Waals surface area contributed by atoms with Crippen molar-refractivity contribution >= 4 is 17.9 Å². The summed E-state index contributed by atoms with van der Waals surface area (Å²) >= 11 is 1.70. The molecule has 22 heavy (non-hydrogen) atoms. The zero-order valence-corrected chi connectivity index (χ0v) is 13.0. The highest BCUT2D eigenvalue weighted by molar-refractivity contribution is 7.97. The quantitative estimate of drug-likeness (QED) is 0.875. The van der Waals surface area contributed by atoms with Gasteiger partial charge in [-0.15, -0.1) is 0 Å². The Hall–Kier alpha value is -1.85. The summed E-state index contributed by atoms with van der Waals surface area (Å²) in [6, 6.07) is 14.2. The van der Waals surface area contributed by atoms with E-state index in [0.717, 1.165) is 37.2 Å². The molecule has 4 nitrogen and oxygen atoms in total. The monoisotopic (exact) mass is 314 g/mol. The number of nitrogens with zero attached hydrogens (tertiary/aromatic N) is 2. The van der Waals surface area contributed by atoms with E-state index in [1.807, 2.05) is 18.2 Å². The van der Waals surface area contributed by atoms with Gasteiger partial charge in [0.2, 0.25) is 0 Å². The number of carboxylic acids is 1. The van der Waals surface area contributed by atoms with Crippen molar-refractivity contribution in [1.29, 1.82) is 0 Å². The van der Waals surface area contributed by atoms with Crippen LogP contribution in [0.5, 0.6) is 0 Å². The molecule has 114 valence electrons. The van der Waals surface area contributed by atoms with Gasteiger partial charge in [0.25, 0.3) is 0 Å². The topological polar surface area (TPSA) is 53.4 Å². The second-order valence-corrected chi connectivity index (χ2v) is 6.54. The Labute approximate surface area is 134 Å². The number of aliphatic carboxylic acids is 1. The number of piperidine rings is 1. The zero-order chi connectivity index (χ0) is 15.4. The first-order chi connectivity index (χ1) is 10.7. The lowest BCUT2D eigenvalue weighted by atomic mass is 9.99. The fourth-order valence-corrected chi connectivity index (χ4v) is 3.51. The molecule has 0 spiro atoms. The SMILES string of the molecule is O=C(O)C1CCN(Sc2ccc(-c3ccccn3)cc2)CC1. The van der Waals surface area contributed by atoms with Gasteiger partial charge >= 0.3 is 5.97 Å². The molecule has 0 radical (unpaired) electrons. The first kappa shape index (κ1) is 15.1.